The third-order valence-electron chi connectivity index (χ3n) is 3.14. The fraction of sp³-hybridized carbons (Fsp3) is 0.533. The first-order chi connectivity index (χ1) is 8.15. The number of hydrogen-bond donors (Lipinski definition) is 1. The number of nitrogens with one attached hydrogen (secondary N) is 1. The molecule has 94 valence electrons. The number of aryl methyl sites for hydroxylation is 1. The second kappa shape index (κ2) is 7.10. The van der Waals surface area contributed by atoms with Crippen LogP contribution in [0.1, 0.15) is 50.2 Å². The van der Waals surface area contributed by atoms with E-state index >= 15 is 0 Å². The van der Waals surface area contributed by atoms with Gasteiger partial charge in [0.15, 0.2) is 0 Å². The molecule has 17 heavy (non-hydrogen) atoms. The first kappa shape index (κ1) is 13.8. The molecule has 2 heteroatoms. The number of carbonyl (C=O) groups excluding carboxylic acids is 1. The Bertz CT molecular complexity index is 371. The van der Waals surface area contributed by atoms with Crippen molar-refractivity contribution in [3.8, 4) is 0 Å². The molecule has 0 atom stereocenters. The zero-order chi connectivity index (χ0) is 12.7. The van der Waals surface area contributed by atoms with Gasteiger partial charge >= 0.3 is 0 Å². The Morgan fingerprint density at radius 2 is 1.94 bits per heavy atom. The number of hydrogen-bond acceptors (Lipinski definition) is 1. The van der Waals surface area contributed by atoms with E-state index in [4.69, 9.17) is 0 Å². The van der Waals surface area contributed by atoms with Crippen molar-refractivity contribution in [2.45, 2.75) is 52.9 Å². The van der Waals surface area contributed by atoms with Gasteiger partial charge in [-0.05, 0) is 37.5 Å². The van der Waals surface area contributed by atoms with Gasteiger partial charge in [0.25, 0.3) is 0 Å². The number of amides is 1. The molecule has 0 aromatic heterocycles. The average Bonchev–Trinajstić information content (AvgIpc) is 2.31. The number of anilines is 1. The highest BCUT2D eigenvalue weighted by molar-refractivity contribution is 5.91. The quantitative estimate of drug-likeness (QED) is 0.733. The molecule has 0 saturated carbocycles. The van der Waals surface area contributed by atoms with Crippen LogP contribution in [0.5, 0.6) is 0 Å². The van der Waals surface area contributed by atoms with E-state index in [1.165, 1.54) is 18.4 Å². The van der Waals surface area contributed by atoms with Crippen molar-refractivity contribution >= 4 is 11.6 Å². The lowest BCUT2D eigenvalue weighted by molar-refractivity contribution is -0.116. The first-order valence-electron chi connectivity index (χ1n) is 6.51. The summed E-state index contributed by atoms with van der Waals surface area (Å²) in [6, 6.07) is 6.01. The largest absolute Gasteiger partial charge is 0.326 e. The first-order valence-corrected chi connectivity index (χ1v) is 6.51. The highest BCUT2D eigenvalue weighted by Crippen LogP contribution is 2.18. The maximum absolute atomic E-state index is 11.7. The summed E-state index contributed by atoms with van der Waals surface area (Å²) in [7, 11) is 0. The molecule has 2 nitrogen and oxygen atoms in total. The molecule has 1 N–H and O–H groups in total. The molecule has 0 bridgehead atoms. The zero-order valence-electron chi connectivity index (χ0n) is 11.2. The zero-order valence-corrected chi connectivity index (χ0v) is 11.2. The highest BCUT2D eigenvalue weighted by Gasteiger charge is 2.05. The van der Waals surface area contributed by atoms with Gasteiger partial charge in [0.2, 0.25) is 5.91 Å². The highest BCUT2D eigenvalue weighted by atomic mass is 16.1. The van der Waals surface area contributed by atoms with Gasteiger partial charge in [-0.25, -0.2) is 0 Å². The van der Waals surface area contributed by atoms with Gasteiger partial charge < -0.3 is 5.32 Å². The van der Waals surface area contributed by atoms with Crippen molar-refractivity contribution in [2.24, 2.45) is 0 Å². The Hall–Kier alpha value is -1.31. The van der Waals surface area contributed by atoms with Crippen molar-refractivity contribution in [1.82, 2.24) is 0 Å². The van der Waals surface area contributed by atoms with Gasteiger partial charge in [-0.3, -0.25) is 4.79 Å². The minimum atomic E-state index is 0.134. The summed E-state index contributed by atoms with van der Waals surface area (Å²) < 4.78 is 0. The van der Waals surface area contributed by atoms with E-state index in [0.29, 0.717) is 6.42 Å². The van der Waals surface area contributed by atoms with Crippen LogP contribution in [-0.4, -0.2) is 5.91 Å². The molecule has 1 amide bonds. The summed E-state index contributed by atoms with van der Waals surface area (Å²) >= 11 is 0. The molecule has 0 aliphatic rings. The molecule has 0 spiro atoms. The minimum absolute atomic E-state index is 0.134. The molecular formula is C15H23NO. The van der Waals surface area contributed by atoms with Crippen LogP contribution in [0.15, 0.2) is 18.2 Å². The van der Waals surface area contributed by atoms with E-state index in [0.717, 1.165) is 24.1 Å². The fourth-order valence-electron chi connectivity index (χ4n) is 1.81. The van der Waals surface area contributed by atoms with Crippen LogP contribution in [0.2, 0.25) is 0 Å². The van der Waals surface area contributed by atoms with Gasteiger partial charge in [0.05, 0.1) is 0 Å². The molecule has 0 fully saturated rings. The molecule has 0 heterocycles. The minimum Gasteiger partial charge on any atom is -0.326 e. The van der Waals surface area contributed by atoms with Crippen LogP contribution in [0.3, 0.4) is 0 Å². The summed E-state index contributed by atoms with van der Waals surface area (Å²) in [6.45, 7) is 6.28. The van der Waals surface area contributed by atoms with E-state index in [-0.39, 0.29) is 5.91 Å². The Kier molecular flexibility index (Phi) is 5.75. The monoisotopic (exact) mass is 233 g/mol. The van der Waals surface area contributed by atoms with Crippen LogP contribution in [0, 0.1) is 13.8 Å². The van der Waals surface area contributed by atoms with E-state index < -0.39 is 0 Å². The fourth-order valence-corrected chi connectivity index (χ4v) is 1.81. The third kappa shape index (κ3) is 4.59. The predicted octanol–water partition coefficient (Wildman–Crippen LogP) is 4.21. The second-order valence-corrected chi connectivity index (χ2v) is 4.61. The molecule has 0 unspecified atom stereocenters. The molecule has 0 aliphatic heterocycles. The van der Waals surface area contributed by atoms with E-state index in [1.807, 2.05) is 19.1 Å². The van der Waals surface area contributed by atoms with Gasteiger partial charge in [0, 0.05) is 12.1 Å². The maximum Gasteiger partial charge on any atom is 0.224 e. The lowest BCUT2D eigenvalue weighted by Crippen LogP contribution is -2.12. The van der Waals surface area contributed by atoms with Crippen molar-refractivity contribution in [1.29, 1.82) is 0 Å². The molecule has 1 aromatic carbocycles. The molecule has 1 rings (SSSR count). The van der Waals surface area contributed by atoms with E-state index in [1.54, 1.807) is 0 Å². The summed E-state index contributed by atoms with van der Waals surface area (Å²) in [5.74, 6) is 0.134. The molecule has 1 aromatic rings. The van der Waals surface area contributed by atoms with Crippen LogP contribution in [0.25, 0.3) is 0 Å². The van der Waals surface area contributed by atoms with Crippen LogP contribution in [0.4, 0.5) is 5.69 Å². The predicted molar refractivity (Wildman–Crippen MR) is 73.3 cm³/mol. The lowest BCUT2D eigenvalue weighted by Gasteiger charge is -2.10. The summed E-state index contributed by atoms with van der Waals surface area (Å²) in [4.78, 5) is 11.7. The van der Waals surface area contributed by atoms with Gasteiger partial charge in [-0.15, -0.1) is 0 Å². The topological polar surface area (TPSA) is 29.1 Å². The number of unbranched alkanes of at least 4 members (excludes halogenated alkanes) is 3. The third-order valence-corrected chi connectivity index (χ3v) is 3.14. The van der Waals surface area contributed by atoms with Gasteiger partial charge in [0.1, 0.15) is 0 Å². The second-order valence-electron chi connectivity index (χ2n) is 4.61. The van der Waals surface area contributed by atoms with Crippen LogP contribution < -0.4 is 5.32 Å². The summed E-state index contributed by atoms with van der Waals surface area (Å²) in [5, 5.41) is 2.99. The Morgan fingerprint density at radius 1 is 1.18 bits per heavy atom. The molecule has 0 saturated heterocycles. The Labute approximate surface area is 104 Å². The van der Waals surface area contributed by atoms with E-state index in [2.05, 4.69) is 25.2 Å². The Balaban J connectivity index is 2.43. The van der Waals surface area contributed by atoms with Crippen LogP contribution >= 0.6 is 0 Å². The van der Waals surface area contributed by atoms with Crippen molar-refractivity contribution < 1.29 is 4.79 Å². The number of carbonyl (C=O) groups is 1. The van der Waals surface area contributed by atoms with Gasteiger partial charge in [-0.1, -0.05) is 38.3 Å². The standard InChI is InChI=1S/C15H23NO/c1-4-5-6-7-11-15(17)16-14-10-8-9-12(2)13(14)3/h8-10H,4-7,11H2,1-3H3,(H,16,17). The van der Waals surface area contributed by atoms with Gasteiger partial charge in [-0.2, -0.15) is 0 Å². The lowest BCUT2D eigenvalue weighted by atomic mass is 10.1. The number of rotatable bonds is 6. The van der Waals surface area contributed by atoms with Crippen LogP contribution in [-0.2, 0) is 4.79 Å². The Morgan fingerprint density at radius 3 is 2.65 bits per heavy atom. The molecule has 0 radical (unpaired) electrons. The summed E-state index contributed by atoms with van der Waals surface area (Å²) in [6.07, 6.45) is 5.20. The maximum atomic E-state index is 11.7. The van der Waals surface area contributed by atoms with Crippen molar-refractivity contribution in [2.75, 3.05) is 5.32 Å². The van der Waals surface area contributed by atoms with E-state index in [9.17, 15) is 4.79 Å². The molecular weight excluding hydrogens is 210 g/mol. The van der Waals surface area contributed by atoms with Crippen molar-refractivity contribution in [3.63, 3.8) is 0 Å². The smallest absolute Gasteiger partial charge is 0.224 e. The summed E-state index contributed by atoms with van der Waals surface area (Å²) in [5.41, 5.74) is 3.33. The van der Waals surface area contributed by atoms with Crippen molar-refractivity contribution in [3.05, 3.63) is 29.3 Å². The average molecular weight is 233 g/mol. The normalized spacial score (nSPS) is 10.3. The molecule has 0 aliphatic carbocycles. The number of benzene rings is 1. The SMILES string of the molecule is CCCCCCC(=O)Nc1cccc(C)c1C.